The summed E-state index contributed by atoms with van der Waals surface area (Å²) in [6.07, 6.45) is 47.5. The van der Waals surface area contributed by atoms with Crippen molar-refractivity contribution in [1.82, 2.24) is 0 Å². The zero-order valence-corrected chi connectivity index (χ0v) is 28.1. The maximum absolute atomic E-state index is 2.51. The van der Waals surface area contributed by atoms with Crippen molar-refractivity contribution in [2.75, 3.05) is 0 Å². The molecule has 0 aliphatic rings. The molecule has 0 amide bonds. The molecule has 0 atom stereocenters. The van der Waals surface area contributed by atoms with Gasteiger partial charge in [-0.15, -0.1) is 0 Å². The van der Waals surface area contributed by atoms with Crippen molar-refractivity contribution < 1.29 is 4.57 Å². The Balaban J connectivity index is 2.17. The molecule has 1 heteroatoms. The van der Waals surface area contributed by atoms with Gasteiger partial charge in [-0.25, -0.2) is 4.57 Å². The number of hydrogen-bond acceptors (Lipinski definition) is 0. The summed E-state index contributed by atoms with van der Waals surface area (Å²) >= 11 is 0. The van der Waals surface area contributed by atoms with E-state index in [1.165, 1.54) is 199 Å². The van der Waals surface area contributed by atoms with Crippen molar-refractivity contribution in [1.29, 1.82) is 0 Å². The fourth-order valence-corrected chi connectivity index (χ4v) is 6.23. The Morgan fingerprint density at radius 3 is 1.07 bits per heavy atom. The fourth-order valence-electron chi connectivity index (χ4n) is 6.23. The van der Waals surface area contributed by atoms with Gasteiger partial charge in [0.15, 0.2) is 12.4 Å². The van der Waals surface area contributed by atoms with Gasteiger partial charge < -0.3 is 0 Å². The van der Waals surface area contributed by atoms with Crippen LogP contribution in [-0.4, -0.2) is 0 Å². The topological polar surface area (TPSA) is 3.88 Å². The molecule has 1 nitrogen and oxygen atoms in total. The predicted octanol–water partition coefficient (Wildman–Crippen LogP) is 13.0. The van der Waals surface area contributed by atoms with Crippen molar-refractivity contribution in [2.24, 2.45) is 0 Å². The molecule has 0 radical (unpaired) electrons. The third-order valence-electron chi connectivity index (χ3n) is 9.07. The third-order valence-corrected chi connectivity index (χ3v) is 9.07. The van der Waals surface area contributed by atoms with Crippen molar-refractivity contribution in [3.05, 3.63) is 29.6 Å². The quantitative estimate of drug-likeness (QED) is 0.0632. The van der Waals surface area contributed by atoms with Crippen LogP contribution in [0.5, 0.6) is 0 Å². The molecule has 40 heavy (non-hydrogen) atoms. The Bertz CT molecular complexity index is 636. The number of pyridine rings is 1. The summed E-state index contributed by atoms with van der Waals surface area (Å²) in [4.78, 5) is 0. The second kappa shape index (κ2) is 29.6. The van der Waals surface area contributed by atoms with Crippen molar-refractivity contribution in [2.45, 2.75) is 220 Å². The molecule has 0 saturated carbocycles. The molecule has 0 N–H and O–H groups in total. The van der Waals surface area contributed by atoms with Crippen LogP contribution in [-0.2, 0) is 19.4 Å². The minimum Gasteiger partial charge on any atom is -0.205 e. The lowest BCUT2D eigenvalue weighted by Gasteiger charge is -2.09. The number of unbranched alkanes of at least 4 members (excludes halogenated alkanes) is 25. The highest BCUT2D eigenvalue weighted by Gasteiger charge is 2.10. The van der Waals surface area contributed by atoms with E-state index in [4.69, 9.17) is 0 Å². The van der Waals surface area contributed by atoms with Gasteiger partial charge in [-0.2, -0.15) is 0 Å². The van der Waals surface area contributed by atoms with Crippen LogP contribution >= 0.6 is 0 Å². The van der Waals surface area contributed by atoms with E-state index in [1.54, 1.807) is 11.1 Å². The molecule has 1 heterocycles. The highest BCUT2D eigenvalue weighted by atomic mass is 14.9. The molecule has 0 aromatic carbocycles. The summed E-state index contributed by atoms with van der Waals surface area (Å²) in [6, 6.07) is 2.47. The molecule has 0 spiro atoms. The third kappa shape index (κ3) is 22.8. The van der Waals surface area contributed by atoms with Gasteiger partial charge in [0.1, 0.15) is 6.54 Å². The molecule has 234 valence electrons. The molecule has 0 fully saturated rings. The molecule has 1 aromatic rings. The first-order valence-corrected chi connectivity index (χ1v) is 18.8. The summed E-state index contributed by atoms with van der Waals surface area (Å²) < 4.78 is 2.47. The second-order valence-electron chi connectivity index (χ2n) is 13.1. The Labute approximate surface area is 253 Å². The Kier molecular flexibility index (Phi) is 27.5. The highest BCUT2D eigenvalue weighted by Crippen LogP contribution is 2.18. The summed E-state index contributed by atoms with van der Waals surface area (Å²) in [5.41, 5.74) is 3.30. The first-order valence-electron chi connectivity index (χ1n) is 18.8. The predicted molar refractivity (Wildman–Crippen MR) is 180 cm³/mol. The van der Waals surface area contributed by atoms with E-state index in [-0.39, 0.29) is 0 Å². The van der Waals surface area contributed by atoms with Crippen molar-refractivity contribution >= 4 is 0 Å². The maximum atomic E-state index is 2.51. The fraction of sp³-hybridized carbons (Fsp3) is 0.872. The second-order valence-corrected chi connectivity index (χ2v) is 13.1. The van der Waals surface area contributed by atoms with Gasteiger partial charge in [0, 0.05) is 18.1 Å². The number of rotatable bonds is 31. The number of nitrogens with zero attached hydrogens (tertiary/aromatic N) is 1. The van der Waals surface area contributed by atoms with Crippen LogP contribution in [0.4, 0.5) is 0 Å². The van der Waals surface area contributed by atoms with Crippen molar-refractivity contribution in [3.8, 4) is 0 Å². The average molecular weight is 557 g/mol. The summed E-state index contributed by atoms with van der Waals surface area (Å²) in [7, 11) is 0. The molecule has 0 unspecified atom stereocenters. The minimum absolute atomic E-state index is 1.18. The summed E-state index contributed by atoms with van der Waals surface area (Å²) in [5, 5.41) is 0. The van der Waals surface area contributed by atoms with Crippen LogP contribution < -0.4 is 4.57 Å². The minimum atomic E-state index is 1.18. The lowest BCUT2D eigenvalue weighted by molar-refractivity contribution is -0.697. The SMILES string of the molecule is CCCCCCCCCCCCCCCc1cc[n+](CCCC)cc1CCCCCCCCCCCCCCC. The molecule has 0 aliphatic heterocycles. The Hall–Kier alpha value is -0.850. The Morgan fingerprint density at radius 2 is 0.700 bits per heavy atom. The lowest BCUT2D eigenvalue weighted by atomic mass is 9.97. The van der Waals surface area contributed by atoms with Crippen LogP contribution in [0.15, 0.2) is 18.5 Å². The van der Waals surface area contributed by atoms with Gasteiger partial charge in [0.2, 0.25) is 0 Å². The highest BCUT2D eigenvalue weighted by molar-refractivity contribution is 5.21. The van der Waals surface area contributed by atoms with E-state index in [0.717, 1.165) is 0 Å². The monoisotopic (exact) mass is 557 g/mol. The van der Waals surface area contributed by atoms with Gasteiger partial charge in [0.25, 0.3) is 0 Å². The first-order chi connectivity index (χ1) is 19.8. The van der Waals surface area contributed by atoms with Gasteiger partial charge in [-0.3, -0.25) is 0 Å². The van der Waals surface area contributed by atoms with Crippen LogP contribution in [0.2, 0.25) is 0 Å². The van der Waals surface area contributed by atoms with Gasteiger partial charge in [-0.05, 0) is 31.2 Å². The largest absolute Gasteiger partial charge is 0.205 e. The van der Waals surface area contributed by atoms with Crippen LogP contribution in [0.1, 0.15) is 212 Å². The molecular formula is C39H74N+. The van der Waals surface area contributed by atoms with E-state index in [0.29, 0.717) is 0 Å². The zero-order chi connectivity index (χ0) is 28.8. The first kappa shape index (κ1) is 37.2. The average Bonchev–Trinajstić information content (AvgIpc) is 2.97. The number of hydrogen-bond donors (Lipinski definition) is 0. The number of aromatic nitrogens is 1. The number of aryl methyl sites for hydroxylation is 3. The molecule has 1 rings (SSSR count). The van der Waals surface area contributed by atoms with E-state index < -0.39 is 0 Å². The normalized spacial score (nSPS) is 11.5. The van der Waals surface area contributed by atoms with Crippen LogP contribution in [0.25, 0.3) is 0 Å². The van der Waals surface area contributed by atoms with Gasteiger partial charge in [-0.1, -0.05) is 181 Å². The molecule has 0 aliphatic carbocycles. The van der Waals surface area contributed by atoms with E-state index in [1.807, 2.05) is 0 Å². The molecular weight excluding hydrogens is 482 g/mol. The summed E-state index contributed by atoms with van der Waals surface area (Å²) in [5.74, 6) is 0. The molecule has 0 bridgehead atoms. The van der Waals surface area contributed by atoms with Gasteiger partial charge >= 0.3 is 0 Å². The summed E-state index contributed by atoms with van der Waals surface area (Å²) in [6.45, 7) is 8.10. The van der Waals surface area contributed by atoms with Crippen LogP contribution in [0.3, 0.4) is 0 Å². The zero-order valence-electron chi connectivity index (χ0n) is 28.1. The molecule has 1 aromatic heterocycles. The van der Waals surface area contributed by atoms with Crippen molar-refractivity contribution in [3.63, 3.8) is 0 Å². The smallest absolute Gasteiger partial charge is 0.172 e. The Morgan fingerprint density at radius 1 is 0.375 bits per heavy atom. The van der Waals surface area contributed by atoms with Crippen LogP contribution in [0, 0.1) is 0 Å². The van der Waals surface area contributed by atoms with E-state index in [2.05, 4.69) is 43.8 Å². The van der Waals surface area contributed by atoms with E-state index >= 15 is 0 Å². The maximum Gasteiger partial charge on any atom is 0.172 e. The standard InChI is InChI=1S/C39H74N/c1-4-7-10-12-14-16-18-20-22-24-26-28-30-32-38-34-36-40(35-9-6-3)37-39(38)33-31-29-27-25-23-21-19-17-15-13-11-8-5-2/h34,36-37H,4-33,35H2,1-3H3/q+1. The molecule has 0 saturated heterocycles. The van der Waals surface area contributed by atoms with E-state index in [9.17, 15) is 0 Å². The van der Waals surface area contributed by atoms with Gasteiger partial charge in [0.05, 0.1) is 0 Å². The lowest BCUT2D eigenvalue weighted by Crippen LogP contribution is -2.33.